The van der Waals surface area contributed by atoms with Crippen molar-refractivity contribution in [2.75, 3.05) is 12.3 Å². The van der Waals surface area contributed by atoms with Crippen LogP contribution in [0.25, 0.3) is 10.2 Å². The number of anilines is 1. The Morgan fingerprint density at radius 3 is 3.15 bits per heavy atom. The minimum absolute atomic E-state index is 0.126. The van der Waals surface area contributed by atoms with Gasteiger partial charge in [-0.15, -0.1) is 0 Å². The van der Waals surface area contributed by atoms with Gasteiger partial charge in [-0.1, -0.05) is 11.3 Å². The molecule has 2 aromatic heterocycles. The maximum Gasteiger partial charge on any atom is 0.251 e. The van der Waals surface area contributed by atoms with Gasteiger partial charge in [-0.2, -0.15) is 5.10 Å². The predicted molar refractivity (Wildman–Crippen MR) is 76.5 cm³/mol. The topological polar surface area (TPSA) is 110 Å². The number of rotatable bonds is 4. The molecule has 2 heterocycles. The summed E-state index contributed by atoms with van der Waals surface area (Å²) in [6.45, 7) is 0.497. The largest absolute Gasteiger partial charge is 0.375 e. The molecule has 3 rings (SSSR count). The van der Waals surface area contributed by atoms with Crippen LogP contribution in [0.2, 0.25) is 0 Å². The number of fused-ring (bicyclic) bond motifs is 1. The molecule has 1 aromatic carbocycles. The molecule has 20 heavy (non-hydrogen) atoms. The standard InChI is InChI=1S/C12H12N6OS/c13-12-17-8-2-1-7(5-9(8)20-12)11(19)14-4-3-10-15-6-16-18-10/h1-2,5-6H,3-4H2,(H2,13,17)(H,14,19)(H,15,16,18). The van der Waals surface area contributed by atoms with Gasteiger partial charge >= 0.3 is 0 Å². The molecule has 0 spiro atoms. The maximum atomic E-state index is 12.0. The third-order valence-electron chi connectivity index (χ3n) is 2.78. The fraction of sp³-hybridized carbons (Fsp3) is 0.167. The molecule has 0 saturated heterocycles. The highest BCUT2D eigenvalue weighted by molar-refractivity contribution is 7.22. The van der Waals surface area contributed by atoms with E-state index in [0.29, 0.717) is 23.7 Å². The van der Waals surface area contributed by atoms with Crippen molar-refractivity contribution >= 4 is 32.6 Å². The van der Waals surface area contributed by atoms with Crippen LogP contribution in [0.4, 0.5) is 5.13 Å². The van der Waals surface area contributed by atoms with Crippen LogP contribution >= 0.6 is 11.3 Å². The lowest BCUT2D eigenvalue weighted by atomic mass is 10.2. The number of hydrogen-bond acceptors (Lipinski definition) is 6. The Bertz CT molecular complexity index is 736. The van der Waals surface area contributed by atoms with E-state index < -0.39 is 0 Å². The number of nitrogens with one attached hydrogen (secondary N) is 2. The lowest BCUT2D eigenvalue weighted by molar-refractivity contribution is 0.0954. The second-order valence-corrected chi connectivity index (χ2v) is 5.23. The van der Waals surface area contributed by atoms with Gasteiger partial charge in [0.1, 0.15) is 12.2 Å². The van der Waals surface area contributed by atoms with Gasteiger partial charge in [0.25, 0.3) is 5.91 Å². The molecule has 0 atom stereocenters. The average molecular weight is 288 g/mol. The first-order valence-electron chi connectivity index (χ1n) is 6.01. The quantitative estimate of drug-likeness (QED) is 0.662. The highest BCUT2D eigenvalue weighted by atomic mass is 32.1. The molecule has 0 radical (unpaired) electrons. The van der Waals surface area contributed by atoms with E-state index in [9.17, 15) is 4.79 Å². The van der Waals surface area contributed by atoms with Gasteiger partial charge in [0.05, 0.1) is 10.2 Å². The number of hydrogen-bond donors (Lipinski definition) is 3. The summed E-state index contributed by atoms with van der Waals surface area (Å²) in [6, 6.07) is 5.34. The van der Waals surface area contributed by atoms with Crippen molar-refractivity contribution in [1.82, 2.24) is 25.5 Å². The number of nitrogens with zero attached hydrogens (tertiary/aromatic N) is 3. The summed E-state index contributed by atoms with van der Waals surface area (Å²) < 4.78 is 0.908. The van der Waals surface area contributed by atoms with Gasteiger partial charge in [0.15, 0.2) is 5.13 Å². The molecule has 8 heteroatoms. The molecule has 3 aromatic rings. The molecular weight excluding hydrogens is 276 g/mol. The monoisotopic (exact) mass is 288 g/mol. The molecule has 0 bridgehead atoms. The van der Waals surface area contributed by atoms with Crippen LogP contribution < -0.4 is 11.1 Å². The molecule has 0 saturated carbocycles. The van der Waals surface area contributed by atoms with Gasteiger partial charge in [-0.25, -0.2) is 9.97 Å². The van der Waals surface area contributed by atoms with Crippen molar-refractivity contribution in [3.8, 4) is 0 Å². The second-order valence-electron chi connectivity index (χ2n) is 4.17. The molecule has 0 aliphatic heterocycles. The zero-order valence-electron chi connectivity index (χ0n) is 10.5. The van der Waals surface area contributed by atoms with Crippen molar-refractivity contribution in [2.45, 2.75) is 6.42 Å². The zero-order valence-corrected chi connectivity index (χ0v) is 11.3. The highest BCUT2D eigenvalue weighted by Crippen LogP contribution is 2.24. The summed E-state index contributed by atoms with van der Waals surface area (Å²) in [5.74, 6) is 0.620. The molecule has 0 unspecified atom stereocenters. The number of nitrogens with two attached hydrogens (primary N) is 1. The van der Waals surface area contributed by atoms with Gasteiger partial charge in [0, 0.05) is 18.5 Å². The van der Waals surface area contributed by atoms with Crippen molar-refractivity contribution in [3.05, 3.63) is 35.9 Å². The summed E-state index contributed by atoms with van der Waals surface area (Å²) in [5, 5.41) is 9.83. The fourth-order valence-electron chi connectivity index (χ4n) is 1.83. The van der Waals surface area contributed by atoms with E-state index >= 15 is 0 Å². The number of carbonyl (C=O) groups excluding carboxylic acids is 1. The molecule has 0 aliphatic carbocycles. The Morgan fingerprint density at radius 2 is 2.35 bits per heavy atom. The van der Waals surface area contributed by atoms with Crippen molar-refractivity contribution < 1.29 is 4.79 Å². The number of benzene rings is 1. The minimum atomic E-state index is -0.126. The molecule has 7 nitrogen and oxygen atoms in total. The van der Waals surface area contributed by atoms with Crippen LogP contribution in [0.5, 0.6) is 0 Å². The van der Waals surface area contributed by atoms with Crippen LogP contribution in [-0.4, -0.2) is 32.6 Å². The van der Waals surface area contributed by atoms with E-state index in [1.807, 2.05) is 0 Å². The predicted octanol–water partition coefficient (Wildman–Crippen LogP) is 0.969. The molecule has 4 N–H and O–H groups in total. The van der Waals surface area contributed by atoms with Gasteiger partial charge < -0.3 is 11.1 Å². The fourth-order valence-corrected chi connectivity index (χ4v) is 2.60. The van der Waals surface area contributed by atoms with Crippen LogP contribution in [0, 0.1) is 0 Å². The summed E-state index contributed by atoms with van der Waals surface area (Å²) in [4.78, 5) is 20.2. The van der Waals surface area contributed by atoms with Crippen molar-refractivity contribution in [3.63, 3.8) is 0 Å². The highest BCUT2D eigenvalue weighted by Gasteiger charge is 2.08. The first-order valence-corrected chi connectivity index (χ1v) is 6.82. The molecule has 0 fully saturated rings. The SMILES string of the molecule is Nc1nc2ccc(C(=O)NCCc3ncn[nH]3)cc2s1. The van der Waals surface area contributed by atoms with Crippen molar-refractivity contribution in [1.29, 1.82) is 0 Å². The summed E-state index contributed by atoms with van der Waals surface area (Å²) in [6.07, 6.45) is 2.06. The smallest absolute Gasteiger partial charge is 0.251 e. The summed E-state index contributed by atoms with van der Waals surface area (Å²) in [7, 11) is 0. The van der Waals surface area contributed by atoms with E-state index in [1.165, 1.54) is 17.7 Å². The number of nitrogen functional groups attached to an aromatic ring is 1. The van der Waals surface area contributed by atoms with Crippen LogP contribution in [-0.2, 0) is 6.42 Å². The van der Waals surface area contributed by atoms with Gasteiger partial charge in [-0.3, -0.25) is 9.89 Å². The molecular formula is C12H12N6OS. The molecule has 102 valence electrons. The number of amides is 1. The van der Waals surface area contributed by atoms with E-state index in [-0.39, 0.29) is 5.91 Å². The number of carbonyl (C=O) groups is 1. The number of thiazole rings is 1. The number of aromatic amines is 1. The number of H-pyrrole nitrogens is 1. The van der Waals surface area contributed by atoms with E-state index in [1.54, 1.807) is 18.2 Å². The van der Waals surface area contributed by atoms with Crippen LogP contribution in [0.15, 0.2) is 24.5 Å². The molecule has 0 aliphatic rings. The lowest BCUT2D eigenvalue weighted by Crippen LogP contribution is -2.25. The minimum Gasteiger partial charge on any atom is -0.375 e. The Kier molecular flexibility index (Phi) is 3.30. The Hall–Kier alpha value is -2.48. The first kappa shape index (κ1) is 12.5. The van der Waals surface area contributed by atoms with Crippen LogP contribution in [0.1, 0.15) is 16.2 Å². The molecule has 1 amide bonds. The average Bonchev–Trinajstić information content (AvgIpc) is 3.05. The third kappa shape index (κ3) is 2.59. The van der Waals surface area contributed by atoms with Gasteiger partial charge in [0.2, 0.25) is 0 Å². The summed E-state index contributed by atoms with van der Waals surface area (Å²) >= 11 is 1.37. The third-order valence-corrected chi connectivity index (χ3v) is 3.63. The second kappa shape index (κ2) is 5.25. The van der Waals surface area contributed by atoms with E-state index in [2.05, 4.69) is 25.5 Å². The van der Waals surface area contributed by atoms with E-state index in [4.69, 9.17) is 5.73 Å². The Balaban J connectivity index is 1.65. The normalized spacial score (nSPS) is 10.8. The number of aromatic nitrogens is 4. The lowest BCUT2D eigenvalue weighted by Gasteiger charge is -2.03. The Morgan fingerprint density at radius 1 is 1.45 bits per heavy atom. The van der Waals surface area contributed by atoms with Crippen LogP contribution in [0.3, 0.4) is 0 Å². The Labute approximate surface area is 118 Å². The zero-order chi connectivity index (χ0) is 13.9. The maximum absolute atomic E-state index is 12.0. The summed E-state index contributed by atoms with van der Waals surface area (Å²) in [5.41, 5.74) is 7.05. The van der Waals surface area contributed by atoms with Gasteiger partial charge in [-0.05, 0) is 18.2 Å². The van der Waals surface area contributed by atoms with E-state index in [0.717, 1.165) is 16.0 Å². The first-order chi connectivity index (χ1) is 9.72. The van der Waals surface area contributed by atoms with Crippen molar-refractivity contribution in [2.24, 2.45) is 0 Å².